The van der Waals surface area contributed by atoms with Crippen LogP contribution in [0.15, 0.2) is 24.3 Å². The molecule has 2 bridgehead atoms. The van der Waals surface area contributed by atoms with Crippen molar-refractivity contribution in [3.63, 3.8) is 0 Å². The highest BCUT2D eigenvalue weighted by Crippen LogP contribution is 2.60. The largest absolute Gasteiger partial charge is 0.344 e. The average Bonchev–Trinajstić information content (AvgIpc) is 2.01. The van der Waals surface area contributed by atoms with E-state index in [0.29, 0.717) is 23.3 Å². The van der Waals surface area contributed by atoms with Gasteiger partial charge in [-0.25, -0.2) is 0 Å². The minimum absolute atomic E-state index is 0.341. The molecule has 4 rings (SSSR count). The summed E-state index contributed by atoms with van der Waals surface area (Å²) in [5.74, 6) is 2.58. The van der Waals surface area contributed by atoms with E-state index in [2.05, 4.69) is 24.3 Å². The highest BCUT2D eigenvalue weighted by Gasteiger charge is 2.54. The van der Waals surface area contributed by atoms with Gasteiger partial charge in [0.2, 0.25) is 0 Å². The highest BCUT2D eigenvalue weighted by atomic mass is 35.8. The Kier molecular flexibility index (Phi) is 2.12. The van der Waals surface area contributed by atoms with Crippen LogP contribution in [-0.4, -0.2) is 6.00 Å². The van der Waals surface area contributed by atoms with E-state index in [1.807, 2.05) is 0 Å². The van der Waals surface area contributed by atoms with E-state index in [1.54, 1.807) is 0 Å². The lowest BCUT2D eigenvalue weighted by atomic mass is 9.57. The molecule has 5 unspecified atom stereocenters. The SMILES string of the molecule is Cl[Si](Cl)(Cl)C1CC2C=CC1C1C=CC21. The van der Waals surface area contributed by atoms with Crippen LogP contribution in [0.5, 0.6) is 0 Å². The summed E-state index contributed by atoms with van der Waals surface area (Å²) in [7, 11) is 0. The minimum Gasteiger partial charge on any atom is -0.126 e. The zero-order valence-electron chi connectivity index (χ0n) is 7.54. The molecule has 4 aliphatic rings. The monoisotopic (exact) mass is 264 g/mol. The Bertz CT molecular complexity index is 318. The van der Waals surface area contributed by atoms with Gasteiger partial charge in [-0.3, -0.25) is 0 Å². The zero-order valence-corrected chi connectivity index (χ0v) is 10.8. The van der Waals surface area contributed by atoms with Gasteiger partial charge in [-0.05, 0) is 30.1 Å². The number of hydrogen-bond acceptors (Lipinski definition) is 0. The molecular weight excluding hydrogens is 255 g/mol. The molecule has 0 aromatic carbocycles. The first-order chi connectivity index (χ1) is 6.57. The van der Waals surface area contributed by atoms with Crippen LogP contribution in [0, 0.1) is 23.7 Å². The van der Waals surface area contributed by atoms with E-state index in [4.69, 9.17) is 33.2 Å². The Balaban J connectivity index is 1.94. The standard InChI is InChI=1S/C10H11Cl3Si/c11-14(12,13)10-5-6-1-2-9(10)8-4-3-7(6)8/h1-4,6-10H,5H2. The van der Waals surface area contributed by atoms with Crippen molar-refractivity contribution in [2.75, 3.05) is 0 Å². The molecule has 0 saturated heterocycles. The Hall–Kier alpha value is 0.567. The summed E-state index contributed by atoms with van der Waals surface area (Å²) in [6.07, 6.45) is 10.3. The van der Waals surface area contributed by atoms with E-state index in [0.717, 1.165) is 12.3 Å². The molecule has 0 amide bonds. The van der Waals surface area contributed by atoms with Crippen molar-refractivity contribution in [3.8, 4) is 0 Å². The molecule has 0 aromatic heterocycles. The van der Waals surface area contributed by atoms with Crippen molar-refractivity contribution < 1.29 is 0 Å². The summed E-state index contributed by atoms with van der Waals surface area (Å²) in [5, 5.41) is 0. The van der Waals surface area contributed by atoms with Crippen LogP contribution in [0.4, 0.5) is 0 Å². The van der Waals surface area contributed by atoms with Crippen LogP contribution in [0.1, 0.15) is 6.42 Å². The Morgan fingerprint density at radius 3 is 2.00 bits per heavy atom. The first-order valence-electron chi connectivity index (χ1n) is 5.01. The lowest BCUT2D eigenvalue weighted by Crippen LogP contribution is -2.46. The van der Waals surface area contributed by atoms with Gasteiger partial charge in [-0.2, -0.15) is 0 Å². The quantitative estimate of drug-likeness (QED) is 0.382. The smallest absolute Gasteiger partial charge is 0.126 e. The van der Waals surface area contributed by atoms with Crippen molar-refractivity contribution in [1.82, 2.24) is 0 Å². The van der Waals surface area contributed by atoms with E-state index >= 15 is 0 Å². The number of halogens is 3. The van der Waals surface area contributed by atoms with E-state index < -0.39 is 6.00 Å². The second-order valence-corrected chi connectivity index (χ2v) is 13.5. The van der Waals surface area contributed by atoms with Crippen LogP contribution >= 0.6 is 33.2 Å². The Labute approximate surface area is 99.0 Å². The molecule has 0 spiro atoms. The summed E-state index contributed by atoms with van der Waals surface area (Å²) < 4.78 is 0. The molecule has 5 atom stereocenters. The molecule has 1 saturated carbocycles. The lowest BCUT2D eigenvalue weighted by Gasteiger charge is -2.52. The third kappa shape index (κ3) is 1.26. The predicted octanol–water partition coefficient (Wildman–Crippen LogP) is 4.02. The van der Waals surface area contributed by atoms with Gasteiger partial charge in [-0.1, -0.05) is 24.3 Å². The van der Waals surface area contributed by atoms with Gasteiger partial charge >= 0.3 is 6.00 Å². The average molecular weight is 266 g/mol. The zero-order chi connectivity index (χ0) is 9.92. The number of hydrogen-bond donors (Lipinski definition) is 0. The molecule has 0 radical (unpaired) electrons. The highest BCUT2D eigenvalue weighted by molar-refractivity contribution is 7.65. The van der Waals surface area contributed by atoms with Crippen molar-refractivity contribution in [2.45, 2.75) is 12.0 Å². The molecule has 1 fully saturated rings. The first kappa shape index (κ1) is 9.77. The van der Waals surface area contributed by atoms with Gasteiger partial charge in [0.05, 0.1) is 0 Å². The maximum atomic E-state index is 6.15. The summed E-state index contributed by atoms with van der Waals surface area (Å²) in [5.41, 5.74) is 0.341. The summed E-state index contributed by atoms with van der Waals surface area (Å²) in [6.45, 7) is 0. The molecular formula is C10H11Cl3Si. The molecule has 14 heavy (non-hydrogen) atoms. The molecule has 4 aliphatic carbocycles. The second-order valence-electron chi connectivity index (χ2n) is 4.55. The number of rotatable bonds is 1. The van der Waals surface area contributed by atoms with Gasteiger partial charge in [0.1, 0.15) is 0 Å². The summed E-state index contributed by atoms with van der Waals surface area (Å²) >= 11 is 18.5. The van der Waals surface area contributed by atoms with E-state index in [-0.39, 0.29) is 0 Å². The third-order valence-electron chi connectivity index (χ3n) is 3.93. The van der Waals surface area contributed by atoms with Crippen molar-refractivity contribution >= 4 is 39.2 Å². The maximum Gasteiger partial charge on any atom is 0.344 e. The molecule has 0 aromatic rings. The molecule has 76 valence electrons. The first-order valence-corrected chi connectivity index (χ1v) is 10.1. The van der Waals surface area contributed by atoms with Crippen molar-refractivity contribution in [3.05, 3.63) is 24.3 Å². The van der Waals surface area contributed by atoms with Crippen LogP contribution < -0.4 is 0 Å². The fourth-order valence-electron chi connectivity index (χ4n) is 3.15. The Morgan fingerprint density at radius 1 is 0.857 bits per heavy atom. The van der Waals surface area contributed by atoms with E-state index in [1.165, 1.54) is 0 Å². The molecule has 0 nitrogen and oxygen atoms in total. The summed E-state index contributed by atoms with van der Waals surface area (Å²) in [6, 6.07) is -2.52. The van der Waals surface area contributed by atoms with E-state index in [9.17, 15) is 0 Å². The normalized spacial score (nSPS) is 48.9. The van der Waals surface area contributed by atoms with Gasteiger partial charge in [0.15, 0.2) is 0 Å². The molecule has 0 heterocycles. The second kappa shape index (κ2) is 3.04. The van der Waals surface area contributed by atoms with Crippen LogP contribution in [-0.2, 0) is 0 Å². The lowest BCUT2D eigenvalue weighted by molar-refractivity contribution is 0.171. The topological polar surface area (TPSA) is 0 Å². The van der Waals surface area contributed by atoms with Crippen molar-refractivity contribution in [2.24, 2.45) is 23.7 Å². The van der Waals surface area contributed by atoms with Crippen molar-refractivity contribution in [1.29, 1.82) is 0 Å². The van der Waals surface area contributed by atoms with Gasteiger partial charge in [-0.15, -0.1) is 33.2 Å². The van der Waals surface area contributed by atoms with Crippen LogP contribution in [0.2, 0.25) is 5.54 Å². The van der Waals surface area contributed by atoms with Gasteiger partial charge in [0, 0.05) is 5.54 Å². The van der Waals surface area contributed by atoms with Crippen LogP contribution in [0.3, 0.4) is 0 Å². The Morgan fingerprint density at radius 2 is 1.50 bits per heavy atom. The maximum absolute atomic E-state index is 6.15. The fraction of sp³-hybridized carbons (Fsp3) is 0.600. The fourth-order valence-corrected chi connectivity index (χ4v) is 6.57. The minimum atomic E-state index is -2.52. The number of allylic oxidation sites excluding steroid dienone is 4. The summed E-state index contributed by atoms with van der Waals surface area (Å²) in [4.78, 5) is 0. The molecule has 0 aliphatic heterocycles. The van der Waals surface area contributed by atoms with Gasteiger partial charge in [0.25, 0.3) is 0 Å². The molecule has 0 N–H and O–H groups in total. The number of fused-ring (bicyclic) bond motifs is 1. The third-order valence-corrected chi connectivity index (χ3v) is 7.91. The van der Waals surface area contributed by atoms with Crippen LogP contribution in [0.25, 0.3) is 0 Å². The molecule has 4 heteroatoms. The predicted molar refractivity (Wildman–Crippen MR) is 63.9 cm³/mol. The van der Waals surface area contributed by atoms with Gasteiger partial charge < -0.3 is 0 Å².